The summed E-state index contributed by atoms with van der Waals surface area (Å²) in [6, 6.07) is 6.64. The van der Waals surface area contributed by atoms with Gasteiger partial charge in [-0.2, -0.15) is 0 Å². The van der Waals surface area contributed by atoms with Crippen molar-refractivity contribution in [2.24, 2.45) is 4.99 Å². The lowest BCUT2D eigenvalue weighted by Gasteiger charge is -2.19. The molecule has 0 radical (unpaired) electrons. The molecular weight excluding hydrogens is 478 g/mol. The normalized spacial score (nSPS) is 16.4. The van der Waals surface area contributed by atoms with Gasteiger partial charge in [0.2, 0.25) is 5.91 Å². The molecule has 1 aliphatic rings. The lowest BCUT2D eigenvalue weighted by Crippen LogP contribution is -2.47. The van der Waals surface area contributed by atoms with Crippen LogP contribution in [0.3, 0.4) is 0 Å². The lowest BCUT2D eigenvalue weighted by molar-refractivity contribution is -0.120. The maximum atomic E-state index is 13.9. The summed E-state index contributed by atoms with van der Waals surface area (Å²) in [7, 11) is 1.64. The fraction of sp³-hybridized carbons (Fsp3) is 0.389. The van der Waals surface area contributed by atoms with Crippen LogP contribution in [0.15, 0.2) is 46.1 Å². The van der Waals surface area contributed by atoms with Crippen molar-refractivity contribution in [3.8, 4) is 0 Å². The Morgan fingerprint density at radius 1 is 1.39 bits per heavy atom. The molecule has 3 heterocycles. The van der Waals surface area contributed by atoms with E-state index >= 15 is 0 Å². The van der Waals surface area contributed by atoms with Crippen LogP contribution in [0.4, 0.5) is 10.2 Å². The number of anilines is 1. The van der Waals surface area contributed by atoms with Crippen LogP contribution in [0.2, 0.25) is 0 Å². The number of carbonyl (C=O) groups excluding carboxylic acids is 1. The Morgan fingerprint density at radius 2 is 2.25 bits per heavy atom. The summed E-state index contributed by atoms with van der Waals surface area (Å²) < 4.78 is 19.0. The van der Waals surface area contributed by atoms with Gasteiger partial charge >= 0.3 is 0 Å². The highest BCUT2D eigenvalue weighted by atomic mass is 127. The first-order chi connectivity index (χ1) is 13.2. The predicted molar refractivity (Wildman–Crippen MR) is 115 cm³/mol. The van der Waals surface area contributed by atoms with Gasteiger partial charge in [-0.25, -0.2) is 9.37 Å². The smallest absolute Gasteiger partial charge is 0.239 e. The maximum absolute atomic E-state index is 13.9. The van der Waals surface area contributed by atoms with E-state index in [4.69, 9.17) is 4.42 Å². The number of guanidine groups is 1. The highest BCUT2D eigenvalue weighted by Crippen LogP contribution is 2.20. The van der Waals surface area contributed by atoms with E-state index in [0.29, 0.717) is 37.2 Å². The summed E-state index contributed by atoms with van der Waals surface area (Å²) in [5.74, 6) is 1.09. The van der Waals surface area contributed by atoms with Gasteiger partial charge in [0.25, 0.3) is 0 Å². The van der Waals surface area contributed by atoms with Gasteiger partial charge < -0.3 is 25.3 Å². The van der Waals surface area contributed by atoms with Crippen LogP contribution in [0.5, 0.6) is 0 Å². The molecule has 28 heavy (non-hydrogen) atoms. The second-order valence-electron chi connectivity index (χ2n) is 6.17. The molecule has 2 aromatic rings. The third-order valence-electron chi connectivity index (χ3n) is 4.25. The average molecular weight is 502 g/mol. The summed E-state index contributed by atoms with van der Waals surface area (Å²) in [6.45, 7) is 1.74. The largest absolute Gasteiger partial charge is 0.467 e. The van der Waals surface area contributed by atoms with Crippen molar-refractivity contribution in [2.45, 2.75) is 19.0 Å². The van der Waals surface area contributed by atoms with Gasteiger partial charge in [0, 0.05) is 32.4 Å². The van der Waals surface area contributed by atoms with Crippen molar-refractivity contribution in [2.75, 3.05) is 31.6 Å². The predicted octanol–water partition coefficient (Wildman–Crippen LogP) is 1.49. The molecule has 1 atom stereocenters. The number of nitrogens with zero attached hydrogens (tertiary/aromatic N) is 3. The summed E-state index contributed by atoms with van der Waals surface area (Å²) in [4.78, 5) is 22.1. The van der Waals surface area contributed by atoms with E-state index in [1.165, 1.54) is 6.07 Å². The second-order valence-corrected chi connectivity index (χ2v) is 6.17. The van der Waals surface area contributed by atoms with Crippen molar-refractivity contribution >= 4 is 41.7 Å². The Balaban J connectivity index is 0.00000280. The van der Waals surface area contributed by atoms with Crippen LogP contribution in [-0.2, 0) is 11.3 Å². The average Bonchev–Trinajstić information content (AvgIpc) is 3.35. The van der Waals surface area contributed by atoms with Gasteiger partial charge in [0.15, 0.2) is 17.6 Å². The van der Waals surface area contributed by atoms with Gasteiger partial charge in [-0.1, -0.05) is 0 Å². The zero-order valence-electron chi connectivity index (χ0n) is 15.5. The Morgan fingerprint density at radius 3 is 2.96 bits per heavy atom. The molecule has 3 rings (SSSR count). The molecule has 0 spiro atoms. The SMILES string of the molecule is CN=C(NCC(=O)NCc1ccco1)NC1CCN(c2ncccc2F)C1.I. The second kappa shape index (κ2) is 10.8. The Kier molecular flexibility index (Phi) is 8.48. The number of hydrogen-bond donors (Lipinski definition) is 3. The van der Waals surface area contributed by atoms with E-state index in [9.17, 15) is 9.18 Å². The van der Waals surface area contributed by atoms with E-state index in [0.717, 1.165) is 6.42 Å². The molecule has 0 aromatic carbocycles. The number of aromatic nitrogens is 1. The molecule has 0 aliphatic carbocycles. The van der Waals surface area contributed by atoms with Crippen LogP contribution in [-0.4, -0.2) is 49.6 Å². The molecule has 2 aromatic heterocycles. The lowest BCUT2D eigenvalue weighted by atomic mass is 10.3. The molecule has 0 bridgehead atoms. The van der Waals surface area contributed by atoms with Crippen molar-refractivity contribution in [1.82, 2.24) is 20.9 Å². The van der Waals surface area contributed by atoms with Crippen molar-refractivity contribution in [3.05, 3.63) is 48.3 Å². The third-order valence-corrected chi connectivity index (χ3v) is 4.25. The standard InChI is InChI=1S/C18H23FN6O2.HI/c1-20-18(23-11-16(26)22-10-14-4-3-9-27-14)24-13-6-8-25(12-13)17-15(19)5-2-7-21-17;/h2-5,7,9,13H,6,8,10-12H2,1H3,(H,22,26)(H2,20,23,24);1H. The Hall–Kier alpha value is -2.37. The molecule has 1 amide bonds. The molecule has 1 saturated heterocycles. The highest BCUT2D eigenvalue weighted by molar-refractivity contribution is 14.0. The number of halogens is 2. The zero-order chi connectivity index (χ0) is 19.1. The minimum Gasteiger partial charge on any atom is -0.467 e. The number of furan rings is 1. The number of pyridine rings is 1. The molecule has 1 fully saturated rings. The van der Waals surface area contributed by atoms with Crippen LogP contribution < -0.4 is 20.9 Å². The molecule has 8 nitrogen and oxygen atoms in total. The fourth-order valence-electron chi connectivity index (χ4n) is 2.89. The number of carbonyl (C=O) groups is 1. The third kappa shape index (κ3) is 6.08. The van der Waals surface area contributed by atoms with Crippen LogP contribution in [0.1, 0.15) is 12.2 Å². The zero-order valence-corrected chi connectivity index (χ0v) is 17.9. The van der Waals surface area contributed by atoms with E-state index in [-0.39, 0.29) is 48.3 Å². The number of aliphatic imine (C=N–C) groups is 1. The van der Waals surface area contributed by atoms with Crippen LogP contribution in [0.25, 0.3) is 0 Å². The molecule has 1 unspecified atom stereocenters. The minimum atomic E-state index is -0.325. The summed E-state index contributed by atoms with van der Waals surface area (Å²) in [5, 5.41) is 9.00. The molecule has 10 heteroatoms. The minimum absolute atomic E-state index is 0. The fourth-order valence-corrected chi connectivity index (χ4v) is 2.89. The monoisotopic (exact) mass is 502 g/mol. The topological polar surface area (TPSA) is 94.8 Å². The van der Waals surface area contributed by atoms with Gasteiger partial charge in [-0.05, 0) is 30.7 Å². The quantitative estimate of drug-likeness (QED) is 0.315. The number of nitrogens with one attached hydrogen (secondary N) is 3. The Labute approximate surface area is 180 Å². The number of hydrogen-bond acceptors (Lipinski definition) is 5. The van der Waals surface area contributed by atoms with Gasteiger partial charge in [0.05, 0.1) is 19.4 Å². The first-order valence-electron chi connectivity index (χ1n) is 8.77. The Bertz CT molecular complexity index is 786. The van der Waals surface area contributed by atoms with Crippen LogP contribution >= 0.6 is 24.0 Å². The summed E-state index contributed by atoms with van der Waals surface area (Å²) in [6.07, 6.45) is 3.97. The summed E-state index contributed by atoms with van der Waals surface area (Å²) in [5.41, 5.74) is 0. The highest BCUT2D eigenvalue weighted by Gasteiger charge is 2.26. The number of rotatable bonds is 6. The van der Waals surface area contributed by atoms with E-state index in [1.807, 2.05) is 4.90 Å². The van der Waals surface area contributed by atoms with E-state index in [2.05, 4.69) is 25.9 Å². The first kappa shape index (κ1) is 21.9. The van der Waals surface area contributed by atoms with Crippen molar-refractivity contribution in [1.29, 1.82) is 0 Å². The molecular formula is C18H24FIN6O2. The van der Waals surface area contributed by atoms with Crippen molar-refractivity contribution < 1.29 is 13.6 Å². The maximum Gasteiger partial charge on any atom is 0.239 e. The van der Waals surface area contributed by atoms with Gasteiger partial charge in [0.1, 0.15) is 5.76 Å². The van der Waals surface area contributed by atoms with Gasteiger partial charge in [-0.3, -0.25) is 9.79 Å². The molecule has 1 aliphatic heterocycles. The molecule has 152 valence electrons. The van der Waals surface area contributed by atoms with E-state index in [1.54, 1.807) is 37.7 Å². The summed E-state index contributed by atoms with van der Waals surface area (Å²) >= 11 is 0. The van der Waals surface area contributed by atoms with Gasteiger partial charge in [-0.15, -0.1) is 24.0 Å². The van der Waals surface area contributed by atoms with Crippen molar-refractivity contribution in [3.63, 3.8) is 0 Å². The molecule has 0 saturated carbocycles. The van der Waals surface area contributed by atoms with E-state index < -0.39 is 0 Å². The number of amides is 1. The van der Waals surface area contributed by atoms with Crippen LogP contribution in [0, 0.1) is 5.82 Å². The molecule has 3 N–H and O–H groups in total. The first-order valence-corrected chi connectivity index (χ1v) is 8.77.